The number of phenolic OH excluding ortho intramolecular Hbond substituents is 1. The molecule has 0 aliphatic carbocycles. The van der Waals surface area contributed by atoms with Gasteiger partial charge in [0.15, 0.2) is 0 Å². The molecule has 0 amide bonds. The number of nitrogens with zero attached hydrogens (tertiary/aromatic N) is 1. The van der Waals surface area contributed by atoms with Crippen molar-refractivity contribution in [3.05, 3.63) is 23.8 Å². The van der Waals surface area contributed by atoms with Crippen LogP contribution >= 0.6 is 0 Å². The maximum atomic E-state index is 12.5. The van der Waals surface area contributed by atoms with E-state index >= 15 is 0 Å². The van der Waals surface area contributed by atoms with E-state index in [2.05, 4.69) is 0 Å². The van der Waals surface area contributed by atoms with Gasteiger partial charge in [-0.1, -0.05) is 0 Å². The number of hydrogen-bond donors (Lipinski definition) is 2. The van der Waals surface area contributed by atoms with Gasteiger partial charge in [0, 0.05) is 11.6 Å². The summed E-state index contributed by atoms with van der Waals surface area (Å²) < 4.78 is 42.8. The van der Waals surface area contributed by atoms with Crippen LogP contribution in [0, 0.1) is 0 Å². The number of aromatic hydroxyl groups is 1. The Morgan fingerprint density at radius 1 is 1.45 bits per heavy atom. The third-order valence-corrected chi connectivity index (χ3v) is 2.91. The minimum absolute atomic E-state index is 0.0648. The highest BCUT2D eigenvalue weighted by atomic mass is 19.4. The van der Waals surface area contributed by atoms with Crippen molar-refractivity contribution in [2.45, 2.75) is 12.2 Å². The van der Waals surface area contributed by atoms with Crippen LogP contribution in [0.2, 0.25) is 0 Å². The summed E-state index contributed by atoms with van der Waals surface area (Å²) in [6, 6.07) is 3.26. The SMILES string of the molecule is O=C(O)CN(CC(F)(F)F)C1COc2cc(O)ccc21. The second-order valence-electron chi connectivity index (χ2n) is 4.46. The van der Waals surface area contributed by atoms with Crippen LogP contribution in [0.3, 0.4) is 0 Å². The van der Waals surface area contributed by atoms with Gasteiger partial charge in [0.05, 0.1) is 19.1 Å². The zero-order chi connectivity index (χ0) is 14.9. The molecule has 1 atom stereocenters. The van der Waals surface area contributed by atoms with E-state index in [1.165, 1.54) is 18.2 Å². The van der Waals surface area contributed by atoms with Gasteiger partial charge in [0.2, 0.25) is 0 Å². The predicted molar refractivity (Wildman–Crippen MR) is 61.6 cm³/mol. The van der Waals surface area contributed by atoms with Gasteiger partial charge in [0.1, 0.15) is 18.1 Å². The second-order valence-corrected chi connectivity index (χ2v) is 4.46. The first-order valence-electron chi connectivity index (χ1n) is 5.74. The Morgan fingerprint density at radius 3 is 2.75 bits per heavy atom. The van der Waals surface area contributed by atoms with E-state index in [1.807, 2.05) is 0 Å². The molecule has 0 saturated carbocycles. The lowest BCUT2D eigenvalue weighted by atomic mass is 10.1. The number of hydrogen-bond acceptors (Lipinski definition) is 4. The van der Waals surface area contributed by atoms with E-state index in [1.54, 1.807) is 0 Å². The van der Waals surface area contributed by atoms with E-state index in [9.17, 15) is 23.1 Å². The first kappa shape index (κ1) is 14.4. The Labute approximate surface area is 112 Å². The third kappa shape index (κ3) is 3.32. The average molecular weight is 291 g/mol. The standard InChI is InChI=1S/C12H12F3NO4/c13-12(14,15)6-16(4-11(18)19)9-5-20-10-3-7(17)1-2-8(9)10/h1-3,9,17H,4-6H2,(H,18,19). The van der Waals surface area contributed by atoms with E-state index < -0.39 is 31.3 Å². The Kier molecular flexibility index (Phi) is 3.76. The molecule has 0 spiro atoms. The summed E-state index contributed by atoms with van der Waals surface area (Å²) in [7, 11) is 0. The molecule has 1 unspecified atom stereocenters. The number of carboxylic acid groups (broad SMARTS) is 1. The molecule has 0 bridgehead atoms. The van der Waals surface area contributed by atoms with Crippen LogP contribution in [0.15, 0.2) is 18.2 Å². The molecule has 8 heteroatoms. The van der Waals surface area contributed by atoms with E-state index in [-0.39, 0.29) is 18.1 Å². The quantitative estimate of drug-likeness (QED) is 0.885. The van der Waals surface area contributed by atoms with Crippen LogP contribution in [-0.4, -0.2) is 47.0 Å². The molecular formula is C12H12F3NO4. The number of carbonyl (C=O) groups is 1. The molecule has 1 aromatic rings. The summed E-state index contributed by atoms with van der Waals surface area (Å²) in [4.78, 5) is 11.5. The second kappa shape index (κ2) is 5.20. The molecule has 5 nitrogen and oxygen atoms in total. The summed E-state index contributed by atoms with van der Waals surface area (Å²) >= 11 is 0. The lowest BCUT2D eigenvalue weighted by molar-refractivity contribution is -0.158. The minimum Gasteiger partial charge on any atom is -0.508 e. The number of fused-ring (bicyclic) bond motifs is 1. The number of rotatable bonds is 4. The normalized spacial score (nSPS) is 17.9. The van der Waals surface area contributed by atoms with Crippen LogP contribution in [-0.2, 0) is 4.79 Å². The largest absolute Gasteiger partial charge is 0.508 e. The fraction of sp³-hybridized carbons (Fsp3) is 0.417. The summed E-state index contributed by atoms with van der Waals surface area (Å²) in [5.41, 5.74) is 0.438. The molecule has 20 heavy (non-hydrogen) atoms. The van der Waals surface area contributed by atoms with Crippen molar-refractivity contribution in [1.82, 2.24) is 4.90 Å². The van der Waals surface area contributed by atoms with Crippen LogP contribution in [0.4, 0.5) is 13.2 Å². The molecule has 1 aliphatic heterocycles. The van der Waals surface area contributed by atoms with E-state index in [0.29, 0.717) is 5.56 Å². The molecule has 0 aromatic heterocycles. The number of aliphatic carboxylic acids is 1. The van der Waals surface area contributed by atoms with Crippen molar-refractivity contribution in [3.8, 4) is 11.5 Å². The number of benzene rings is 1. The van der Waals surface area contributed by atoms with Gasteiger partial charge in [-0.2, -0.15) is 13.2 Å². The van der Waals surface area contributed by atoms with E-state index in [0.717, 1.165) is 4.90 Å². The Hall–Kier alpha value is -1.96. The number of carboxylic acids is 1. The van der Waals surface area contributed by atoms with Gasteiger partial charge in [0.25, 0.3) is 0 Å². The van der Waals surface area contributed by atoms with Crippen LogP contribution in [0.5, 0.6) is 11.5 Å². The van der Waals surface area contributed by atoms with Crippen LogP contribution in [0.1, 0.15) is 11.6 Å². The molecule has 1 aromatic carbocycles. The Balaban J connectivity index is 2.25. The smallest absolute Gasteiger partial charge is 0.401 e. The molecule has 110 valence electrons. The zero-order valence-electron chi connectivity index (χ0n) is 10.2. The zero-order valence-corrected chi connectivity index (χ0v) is 10.2. The van der Waals surface area contributed by atoms with Crippen molar-refractivity contribution in [3.63, 3.8) is 0 Å². The van der Waals surface area contributed by atoms with Gasteiger partial charge in [-0.25, -0.2) is 0 Å². The highest BCUT2D eigenvalue weighted by Crippen LogP contribution is 2.39. The molecule has 2 rings (SSSR count). The number of ether oxygens (including phenoxy) is 1. The lowest BCUT2D eigenvalue weighted by Gasteiger charge is -2.27. The van der Waals surface area contributed by atoms with Crippen LogP contribution in [0.25, 0.3) is 0 Å². The highest BCUT2D eigenvalue weighted by Gasteiger charge is 2.38. The monoisotopic (exact) mass is 291 g/mol. The Morgan fingerprint density at radius 2 is 2.15 bits per heavy atom. The first-order chi connectivity index (χ1) is 9.26. The van der Waals surface area contributed by atoms with Gasteiger partial charge in [-0.15, -0.1) is 0 Å². The van der Waals surface area contributed by atoms with Crippen molar-refractivity contribution < 1.29 is 32.9 Å². The third-order valence-electron chi connectivity index (χ3n) is 2.91. The summed E-state index contributed by atoms with van der Waals surface area (Å²) in [5, 5.41) is 18.0. The lowest BCUT2D eigenvalue weighted by Crippen LogP contribution is -2.41. The molecule has 2 N–H and O–H groups in total. The van der Waals surface area contributed by atoms with E-state index in [4.69, 9.17) is 9.84 Å². The van der Waals surface area contributed by atoms with Crippen molar-refractivity contribution in [2.24, 2.45) is 0 Å². The minimum atomic E-state index is -4.50. The molecule has 1 aliphatic rings. The van der Waals surface area contributed by atoms with Gasteiger partial charge in [-0.05, 0) is 12.1 Å². The average Bonchev–Trinajstić information content (AvgIpc) is 2.68. The van der Waals surface area contributed by atoms with Gasteiger partial charge >= 0.3 is 12.1 Å². The Bertz CT molecular complexity index is 518. The highest BCUT2D eigenvalue weighted by molar-refractivity contribution is 5.69. The molecular weight excluding hydrogens is 279 g/mol. The fourth-order valence-corrected chi connectivity index (χ4v) is 2.16. The van der Waals surface area contributed by atoms with Crippen LogP contribution < -0.4 is 4.74 Å². The fourth-order valence-electron chi connectivity index (χ4n) is 2.16. The van der Waals surface area contributed by atoms with Gasteiger partial charge < -0.3 is 14.9 Å². The maximum Gasteiger partial charge on any atom is 0.401 e. The summed E-state index contributed by atoms with van der Waals surface area (Å²) in [5.74, 6) is -1.14. The summed E-state index contributed by atoms with van der Waals surface area (Å²) in [6.45, 7) is -2.16. The molecule has 0 saturated heterocycles. The summed E-state index contributed by atoms with van der Waals surface area (Å²) in [6.07, 6.45) is -4.50. The number of halogens is 3. The molecule has 0 radical (unpaired) electrons. The van der Waals surface area contributed by atoms with Crippen molar-refractivity contribution in [1.29, 1.82) is 0 Å². The first-order valence-corrected chi connectivity index (χ1v) is 5.74. The van der Waals surface area contributed by atoms with Crippen molar-refractivity contribution in [2.75, 3.05) is 19.7 Å². The van der Waals surface area contributed by atoms with Gasteiger partial charge in [-0.3, -0.25) is 9.69 Å². The number of phenols is 1. The molecule has 0 fully saturated rings. The van der Waals surface area contributed by atoms with Crippen molar-refractivity contribution >= 4 is 5.97 Å². The molecule has 1 heterocycles. The number of alkyl halides is 3. The predicted octanol–water partition coefficient (Wildman–Crippen LogP) is 1.77. The maximum absolute atomic E-state index is 12.5. The topological polar surface area (TPSA) is 70.0 Å².